The van der Waals surface area contributed by atoms with Crippen LogP contribution in [0.15, 0.2) is 76.4 Å². The van der Waals surface area contributed by atoms with E-state index < -0.39 is 47.8 Å². The number of hydrogen-bond acceptors (Lipinski definition) is 7. The van der Waals surface area contributed by atoms with Crippen molar-refractivity contribution in [1.29, 1.82) is 0 Å². The lowest BCUT2D eigenvalue weighted by Gasteiger charge is -2.30. The summed E-state index contributed by atoms with van der Waals surface area (Å²) in [7, 11) is 1.55. The van der Waals surface area contributed by atoms with Crippen LogP contribution in [-0.2, 0) is 22.6 Å². The molecule has 1 aliphatic heterocycles. The van der Waals surface area contributed by atoms with E-state index in [1.807, 2.05) is 30.3 Å². The first kappa shape index (κ1) is 25.2. The van der Waals surface area contributed by atoms with Crippen LogP contribution in [0, 0.1) is 0 Å². The molecular weight excluding hydrogens is 476 g/mol. The van der Waals surface area contributed by atoms with Gasteiger partial charge in [0.05, 0.1) is 33.5 Å². The average Bonchev–Trinajstić information content (AvgIpc) is 3.17. The monoisotopic (exact) mass is 502 g/mol. The minimum atomic E-state index is -1.54. The molecule has 10 heteroatoms. The van der Waals surface area contributed by atoms with E-state index >= 15 is 0 Å². The van der Waals surface area contributed by atoms with Gasteiger partial charge < -0.3 is 24.4 Å². The highest BCUT2D eigenvalue weighted by Gasteiger charge is 2.56. The molecule has 1 aromatic heterocycles. The van der Waals surface area contributed by atoms with Crippen LogP contribution in [0.5, 0.6) is 5.75 Å². The van der Waals surface area contributed by atoms with Crippen LogP contribution in [-0.4, -0.2) is 56.8 Å². The highest BCUT2D eigenvalue weighted by molar-refractivity contribution is 6.21. The molecule has 0 aliphatic carbocycles. The van der Waals surface area contributed by atoms with Gasteiger partial charge in [0.15, 0.2) is 6.23 Å². The largest absolute Gasteiger partial charge is 0.497 e. The SMILES string of the molecule is COc1ccc(Cn2c(=O)ccn([C@@H]3OC(CO)(CO)[C@@H](OCc4ccccc4)[C@H]3Cl)c2=O)cc1. The summed E-state index contributed by atoms with van der Waals surface area (Å²) in [4.78, 5) is 25.8. The third kappa shape index (κ3) is 5.05. The molecular formula is C25H27ClN2O7. The van der Waals surface area contributed by atoms with Gasteiger partial charge in [-0.1, -0.05) is 42.5 Å². The number of aliphatic hydroxyl groups is 2. The summed E-state index contributed by atoms with van der Waals surface area (Å²) in [5, 5.41) is 19.2. The normalized spacial score (nSPS) is 21.2. The van der Waals surface area contributed by atoms with Crippen LogP contribution < -0.4 is 16.0 Å². The second-order valence-corrected chi connectivity index (χ2v) is 8.83. The lowest BCUT2D eigenvalue weighted by Crippen LogP contribution is -2.49. The van der Waals surface area contributed by atoms with Gasteiger partial charge in [0.1, 0.15) is 22.8 Å². The predicted octanol–water partition coefficient (Wildman–Crippen LogP) is 1.51. The number of nitrogens with zero attached hydrogens (tertiary/aromatic N) is 2. The number of aromatic nitrogens is 2. The van der Waals surface area contributed by atoms with Crippen LogP contribution in [0.2, 0.25) is 0 Å². The molecule has 3 atom stereocenters. The molecule has 1 saturated heterocycles. The van der Waals surface area contributed by atoms with Gasteiger partial charge in [-0.3, -0.25) is 13.9 Å². The Morgan fingerprint density at radius 1 is 1.00 bits per heavy atom. The second kappa shape index (κ2) is 10.8. The highest BCUT2D eigenvalue weighted by atomic mass is 35.5. The minimum absolute atomic E-state index is 0.0290. The molecule has 2 aromatic carbocycles. The van der Waals surface area contributed by atoms with Crippen LogP contribution in [0.3, 0.4) is 0 Å². The zero-order chi connectivity index (χ0) is 25.0. The van der Waals surface area contributed by atoms with Crippen molar-refractivity contribution in [2.24, 2.45) is 0 Å². The van der Waals surface area contributed by atoms with Gasteiger partial charge in [-0.25, -0.2) is 4.79 Å². The fourth-order valence-corrected chi connectivity index (χ4v) is 4.59. The second-order valence-electron chi connectivity index (χ2n) is 8.33. The highest BCUT2D eigenvalue weighted by Crippen LogP contribution is 2.41. The van der Waals surface area contributed by atoms with Gasteiger partial charge in [-0.05, 0) is 23.3 Å². The quantitative estimate of drug-likeness (QED) is 0.426. The van der Waals surface area contributed by atoms with Gasteiger partial charge in [0.2, 0.25) is 0 Å². The van der Waals surface area contributed by atoms with E-state index in [2.05, 4.69) is 0 Å². The molecule has 9 nitrogen and oxygen atoms in total. The number of aliphatic hydroxyl groups excluding tert-OH is 2. The van der Waals surface area contributed by atoms with Gasteiger partial charge in [-0.2, -0.15) is 0 Å². The lowest BCUT2D eigenvalue weighted by atomic mass is 9.98. The fraction of sp³-hybridized carbons (Fsp3) is 0.360. The smallest absolute Gasteiger partial charge is 0.333 e. The molecule has 1 fully saturated rings. The first-order valence-corrected chi connectivity index (χ1v) is 11.5. The third-order valence-electron chi connectivity index (χ3n) is 6.11. The minimum Gasteiger partial charge on any atom is -0.497 e. The van der Waals surface area contributed by atoms with Crippen molar-refractivity contribution >= 4 is 11.6 Å². The Labute approximate surface area is 206 Å². The Hall–Kier alpha value is -2.95. The Morgan fingerprint density at radius 2 is 1.69 bits per heavy atom. The maximum atomic E-state index is 13.3. The average molecular weight is 503 g/mol. The molecule has 0 spiro atoms. The number of hydrogen-bond donors (Lipinski definition) is 2. The topological polar surface area (TPSA) is 112 Å². The molecule has 0 saturated carbocycles. The van der Waals surface area contributed by atoms with Crippen LogP contribution in [0.25, 0.3) is 0 Å². The van der Waals surface area contributed by atoms with Crippen molar-refractivity contribution in [2.75, 3.05) is 20.3 Å². The van der Waals surface area contributed by atoms with Crippen molar-refractivity contribution in [3.63, 3.8) is 0 Å². The number of benzene rings is 2. The van der Waals surface area contributed by atoms with E-state index in [9.17, 15) is 19.8 Å². The molecule has 0 amide bonds. The first-order chi connectivity index (χ1) is 16.9. The van der Waals surface area contributed by atoms with E-state index in [0.717, 1.165) is 15.7 Å². The van der Waals surface area contributed by atoms with Gasteiger partial charge in [-0.15, -0.1) is 11.6 Å². The molecule has 35 heavy (non-hydrogen) atoms. The Kier molecular flexibility index (Phi) is 7.73. The number of rotatable bonds is 9. The van der Waals surface area contributed by atoms with Gasteiger partial charge >= 0.3 is 5.69 Å². The zero-order valence-corrected chi connectivity index (χ0v) is 19.9. The summed E-state index contributed by atoms with van der Waals surface area (Å²) in [6.45, 7) is -0.967. The summed E-state index contributed by atoms with van der Waals surface area (Å²) in [6, 6.07) is 17.6. The van der Waals surface area contributed by atoms with Crippen molar-refractivity contribution in [2.45, 2.75) is 36.5 Å². The van der Waals surface area contributed by atoms with Crippen molar-refractivity contribution in [3.8, 4) is 5.75 Å². The maximum Gasteiger partial charge on any atom is 0.333 e. The van der Waals surface area contributed by atoms with E-state index in [1.54, 1.807) is 31.4 Å². The van der Waals surface area contributed by atoms with Crippen molar-refractivity contribution < 1.29 is 24.4 Å². The van der Waals surface area contributed by atoms with Crippen LogP contribution >= 0.6 is 11.6 Å². The zero-order valence-electron chi connectivity index (χ0n) is 19.1. The molecule has 4 rings (SSSR count). The van der Waals surface area contributed by atoms with Crippen molar-refractivity contribution in [3.05, 3.63) is 98.8 Å². The number of methoxy groups -OCH3 is 1. The van der Waals surface area contributed by atoms with E-state index in [-0.39, 0.29) is 13.2 Å². The van der Waals surface area contributed by atoms with Gasteiger partial charge in [0.25, 0.3) is 5.56 Å². The molecule has 3 aromatic rings. The standard InChI is InChI=1S/C25H27ClN2O7/c1-33-19-9-7-17(8-10-19)13-28-20(31)11-12-27(24(28)32)23-21(26)22(25(15-29,16-30)35-23)34-14-18-5-3-2-4-6-18/h2-12,21-23,29-30H,13-16H2,1H3/t21-,22+,23-/m1/s1. The first-order valence-electron chi connectivity index (χ1n) is 11.1. The molecule has 0 unspecified atom stereocenters. The summed E-state index contributed by atoms with van der Waals surface area (Å²) >= 11 is 6.71. The Bertz CT molecular complexity index is 1240. The summed E-state index contributed by atoms with van der Waals surface area (Å²) in [5.74, 6) is 0.654. The summed E-state index contributed by atoms with van der Waals surface area (Å²) in [6.07, 6.45) is -0.723. The summed E-state index contributed by atoms with van der Waals surface area (Å²) in [5.41, 5.74) is -1.07. The Morgan fingerprint density at radius 3 is 2.31 bits per heavy atom. The van der Waals surface area contributed by atoms with Crippen LogP contribution in [0.4, 0.5) is 0 Å². The number of ether oxygens (including phenoxy) is 3. The molecule has 186 valence electrons. The lowest BCUT2D eigenvalue weighted by molar-refractivity contribution is -0.163. The predicted molar refractivity (Wildman–Crippen MR) is 129 cm³/mol. The van der Waals surface area contributed by atoms with Gasteiger partial charge in [0, 0.05) is 12.3 Å². The fourth-order valence-electron chi connectivity index (χ4n) is 4.12. The molecule has 0 bridgehead atoms. The third-order valence-corrected chi connectivity index (χ3v) is 6.56. The number of alkyl halides is 1. The van der Waals surface area contributed by atoms with E-state index in [0.29, 0.717) is 5.75 Å². The van der Waals surface area contributed by atoms with Crippen LogP contribution in [0.1, 0.15) is 17.4 Å². The molecule has 0 radical (unpaired) electrons. The van der Waals surface area contributed by atoms with E-state index in [1.165, 1.54) is 16.8 Å². The Balaban J connectivity index is 1.63. The summed E-state index contributed by atoms with van der Waals surface area (Å²) < 4.78 is 19.4. The number of halogens is 1. The van der Waals surface area contributed by atoms with Crippen molar-refractivity contribution in [1.82, 2.24) is 9.13 Å². The molecule has 1 aliphatic rings. The molecule has 2 N–H and O–H groups in total. The van der Waals surface area contributed by atoms with E-state index in [4.69, 9.17) is 25.8 Å². The molecule has 2 heterocycles. The maximum absolute atomic E-state index is 13.3.